The Balaban J connectivity index is 1.74. The van der Waals surface area contributed by atoms with Crippen LogP contribution in [0.25, 0.3) is 5.95 Å². The second-order valence-corrected chi connectivity index (χ2v) is 9.90. The number of aryl methyl sites for hydroxylation is 1. The van der Waals surface area contributed by atoms with E-state index < -0.39 is 23.7 Å². The van der Waals surface area contributed by atoms with Gasteiger partial charge in [0, 0.05) is 35.9 Å². The lowest BCUT2D eigenvalue weighted by molar-refractivity contribution is 0.0213. The number of esters is 1. The number of rotatable bonds is 5. The van der Waals surface area contributed by atoms with Crippen molar-refractivity contribution in [2.24, 2.45) is 0 Å². The van der Waals surface area contributed by atoms with Crippen LogP contribution in [0.1, 0.15) is 73.0 Å². The van der Waals surface area contributed by atoms with Crippen LogP contribution in [0.15, 0.2) is 30.2 Å². The number of aromatic nitrogens is 5. The molecule has 1 fully saturated rings. The first kappa shape index (κ1) is 23.8. The molecule has 2 unspecified atom stereocenters. The monoisotopic (exact) mass is 484 g/mol. The average Bonchev–Trinajstić information content (AvgIpc) is 3.52. The molecular formula is C23H28N6O4S. The molecule has 1 amide bonds. The van der Waals surface area contributed by atoms with Crippen LogP contribution in [0.2, 0.25) is 0 Å². The Kier molecular flexibility index (Phi) is 6.65. The van der Waals surface area contributed by atoms with E-state index in [1.54, 1.807) is 40.5 Å². The van der Waals surface area contributed by atoms with Crippen molar-refractivity contribution in [3.8, 4) is 5.95 Å². The molecule has 11 heteroatoms. The quantitative estimate of drug-likeness (QED) is 0.498. The molecule has 3 aromatic heterocycles. The fourth-order valence-electron chi connectivity index (χ4n) is 3.92. The minimum Gasteiger partial charge on any atom is -0.461 e. The molecule has 180 valence electrons. The van der Waals surface area contributed by atoms with Gasteiger partial charge < -0.3 is 9.47 Å². The first-order chi connectivity index (χ1) is 16.2. The minimum absolute atomic E-state index is 0.161. The molecule has 0 N–H and O–H groups in total. The number of imidazole rings is 1. The van der Waals surface area contributed by atoms with Gasteiger partial charge in [0.25, 0.3) is 0 Å². The Hall–Kier alpha value is -3.34. The molecule has 0 spiro atoms. The van der Waals surface area contributed by atoms with Crippen molar-refractivity contribution < 1.29 is 19.1 Å². The summed E-state index contributed by atoms with van der Waals surface area (Å²) in [6.07, 6.45) is 5.29. The highest BCUT2D eigenvalue weighted by molar-refractivity contribution is 7.09. The normalized spacial score (nSPS) is 18.2. The van der Waals surface area contributed by atoms with E-state index in [0.29, 0.717) is 24.6 Å². The number of hydrogen-bond donors (Lipinski definition) is 0. The summed E-state index contributed by atoms with van der Waals surface area (Å²) in [6.45, 7) is 9.91. The van der Waals surface area contributed by atoms with Crippen LogP contribution in [-0.2, 0) is 9.47 Å². The van der Waals surface area contributed by atoms with E-state index in [9.17, 15) is 9.59 Å². The van der Waals surface area contributed by atoms with Gasteiger partial charge in [-0.25, -0.2) is 29.5 Å². The summed E-state index contributed by atoms with van der Waals surface area (Å²) in [5.74, 6) is -0.150. The number of likely N-dealkylation sites (tertiary alicyclic amines) is 1. The SMILES string of the molecule is CCOC(=O)c1csc(C2CCN(C(=O)OC(C)(C)C)C2c2cc(C)nc(-n3ccnc3)n2)n1. The van der Waals surface area contributed by atoms with Gasteiger partial charge in [-0.3, -0.25) is 9.47 Å². The summed E-state index contributed by atoms with van der Waals surface area (Å²) >= 11 is 1.38. The molecule has 4 rings (SSSR count). The third-order valence-electron chi connectivity index (χ3n) is 5.25. The van der Waals surface area contributed by atoms with E-state index >= 15 is 0 Å². The minimum atomic E-state index is -0.637. The van der Waals surface area contributed by atoms with Crippen LogP contribution in [0.5, 0.6) is 0 Å². The molecule has 10 nitrogen and oxygen atoms in total. The Labute approximate surface area is 202 Å². The second kappa shape index (κ2) is 9.49. The van der Waals surface area contributed by atoms with Gasteiger partial charge >= 0.3 is 12.1 Å². The van der Waals surface area contributed by atoms with E-state index in [0.717, 1.165) is 10.7 Å². The van der Waals surface area contributed by atoms with Gasteiger partial charge in [-0.05, 0) is 47.1 Å². The summed E-state index contributed by atoms with van der Waals surface area (Å²) in [6, 6.07) is 1.45. The van der Waals surface area contributed by atoms with E-state index in [2.05, 4.69) is 15.0 Å². The van der Waals surface area contributed by atoms with Gasteiger partial charge in [-0.1, -0.05) is 0 Å². The third-order valence-corrected chi connectivity index (χ3v) is 6.23. The molecule has 0 bridgehead atoms. The van der Waals surface area contributed by atoms with Crippen molar-refractivity contribution in [3.63, 3.8) is 0 Å². The van der Waals surface area contributed by atoms with E-state index in [-0.39, 0.29) is 18.2 Å². The molecule has 4 heterocycles. The van der Waals surface area contributed by atoms with Gasteiger partial charge in [0.05, 0.1) is 23.4 Å². The van der Waals surface area contributed by atoms with Gasteiger partial charge in [0.15, 0.2) is 5.69 Å². The van der Waals surface area contributed by atoms with Crippen LogP contribution in [0, 0.1) is 6.92 Å². The maximum absolute atomic E-state index is 13.2. The lowest BCUT2D eigenvalue weighted by Gasteiger charge is -2.30. The first-order valence-electron chi connectivity index (χ1n) is 11.1. The number of ether oxygens (including phenoxy) is 2. The largest absolute Gasteiger partial charge is 0.461 e. The van der Waals surface area contributed by atoms with Gasteiger partial charge in [0.1, 0.15) is 11.9 Å². The third kappa shape index (κ3) is 5.09. The molecule has 1 saturated heterocycles. The average molecular weight is 485 g/mol. The van der Waals surface area contributed by atoms with Crippen molar-refractivity contribution in [2.75, 3.05) is 13.2 Å². The fourth-order valence-corrected chi connectivity index (χ4v) is 4.87. The van der Waals surface area contributed by atoms with Crippen LogP contribution in [0.3, 0.4) is 0 Å². The second-order valence-electron chi connectivity index (χ2n) is 9.01. The molecule has 2 atom stereocenters. The van der Waals surface area contributed by atoms with Crippen molar-refractivity contribution in [2.45, 2.75) is 58.6 Å². The summed E-state index contributed by atoms with van der Waals surface area (Å²) in [7, 11) is 0. The number of thiazole rings is 1. The highest BCUT2D eigenvalue weighted by Crippen LogP contribution is 2.45. The summed E-state index contributed by atoms with van der Waals surface area (Å²) < 4.78 is 12.5. The standard InChI is InChI=1S/C23H28N6O4S/c1-6-32-20(30)17-12-34-19(26-17)15-7-9-29(22(31)33-23(3,4)5)18(15)16-11-14(2)25-21(27-16)28-10-8-24-13-28/h8,10-13,15,18H,6-7,9H2,1-5H3. The fraction of sp³-hybridized carbons (Fsp3) is 0.478. The maximum atomic E-state index is 13.2. The smallest absolute Gasteiger partial charge is 0.410 e. The molecule has 34 heavy (non-hydrogen) atoms. The highest BCUT2D eigenvalue weighted by Gasteiger charge is 2.43. The molecule has 3 aromatic rings. The van der Waals surface area contributed by atoms with Gasteiger partial charge in [-0.2, -0.15) is 0 Å². The van der Waals surface area contributed by atoms with E-state index in [1.807, 2.05) is 33.8 Å². The van der Waals surface area contributed by atoms with Crippen molar-refractivity contribution in [3.05, 3.63) is 52.3 Å². The Bertz CT molecular complexity index is 1170. The molecule has 0 saturated carbocycles. The van der Waals surface area contributed by atoms with Gasteiger partial charge in [-0.15, -0.1) is 11.3 Å². The van der Waals surface area contributed by atoms with Crippen LogP contribution >= 0.6 is 11.3 Å². The summed E-state index contributed by atoms with van der Waals surface area (Å²) in [5, 5.41) is 2.45. The number of carbonyl (C=O) groups excluding carboxylic acids is 2. The number of hydrogen-bond acceptors (Lipinski definition) is 9. The first-order valence-corrected chi connectivity index (χ1v) is 12.0. The maximum Gasteiger partial charge on any atom is 0.410 e. The predicted octanol–water partition coefficient (Wildman–Crippen LogP) is 4.07. The zero-order chi connectivity index (χ0) is 24.5. The topological polar surface area (TPSA) is 112 Å². The molecule has 0 aliphatic carbocycles. The molecule has 0 aromatic carbocycles. The van der Waals surface area contributed by atoms with Crippen molar-refractivity contribution in [1.29, 1.82) is 0 Å². The Morgan fingerprint density at radius 2 is 2.03 bits per heavy atom. The zero-order valence-electron chi connectivity index (χ0n) is 19.9. The lowest BCUT2D eigenvalue weighted by Crippen LogP contribution is -2.37. The highest BCUT2D eigenvalue weighted by atomic mass is 32.1. The summed E-state index contributed by atoms with van der Waals surface area (Å²) in [4.78, 5) is 45.0. The zero-order valence-corrected chi connectivity index (χ0v) is 20.7. The van der Waals surface area contributed by atoms with Gasteiger partial charge in [0.2, 0.25) is 5.95 Å². The van der Waals surface area contributed by atoms with Crippen LogP contribution < -0.4 is 0 Å². The van der Waals surface area contributed by atoms with Crippen molar-refractivity contribution in [1.82, 2.24) is 29.4 Å². The number of nitrogens with zero attached hydrogens (tertiary/aromatic N) is 6. The van der Waals surface area contributed by atoms with Crippen LogP contribution in [0.4, 0.5) is 4.79 Å². The summed E-state index contributed by atoms with van der Waals surface area (Å²) in [5.41, 5.74) is 1.07. The Morgan fingerprint density at radius 3 is 2.71 bits per heavy atom. The lowest BCUT2D eigenvalue weighted by atomic mass is 9.97. The molecule has 1 aliphatic rings. The molecule has 0 radical (unpaired) electrons. The van der Waals surface area contributed by atoms with E-state index in [4.69, 9.17) is 14.5 Å². The molecular weight excluding hydrogens is 456 g/mol. The van der Waals surface area contributed by atoms with Crippen LogP contribution in [-0.4, -0.2) is 60.2 Å². The predicted molar refractivity (Wildman–Crippen MR) is 125 cm³/mol. The number of carbonyl (C=O) groups is 2. The van der Waals surface area contributed by atoms with Crippen molar-refractivity contribution >= 4 is 23.4 Å². The van der Waals surface area contributed by atoms with E-state index in [1.165, 1.54) is 11.3 Å². The molecule has 1 aliphatic heterocycles. The number of amides is 1. The Morgan fingerprint density at radius 1 is 1.24 bits per heavy atom.